The molecule has 1 saturated heterocycles. The van der Waals surface area contributed by atoms with Crippen molar-refractivity contribution < 1.29 is 4.79 Å². The van der Waals surface area contributed by atoms with E-state index in [-0.39, 0.29) is 11.8 Å². The van der Waals surface area contributed by atoms with Gasteiger partial charge in [0.25, 0.3) is 0 Å². The fourth-order valence-electron chi connectivity index (χ4n) is 1.34. The lowest BCUT2D eigenvalue weighted by Gasteiger charge is -2.07. The van der Waals surface area contributed by atoms with E-state index in [1.807, 2.05) is 7.05 Å². The van der Waals surface area contributed by atoms with Crippen LogP contribution in [-0.4, -0.2) is 34.5 Å². The number of hydrogen-bond donors (Lipinski definition) is 0. The van der Waals surface area contributed by atoms with Crippen LogP contribution in [-0.2, 0) is 4.79 Å². The SMILES string of the molecule is CN1SCC(C2=NSCC2)C1=O. The average Bonchev–Trinajstić information content (AvgIpc) is 2.64. The summed E-state index contributed by atoms with van der Waals surface area (Å²) in [5, 5.41) is 0. The Morgan fingerprint density at radius 2 is 2.50 bits per heavy atom. The molecule has 12 heavy (non-hydrogen) atoms. The van der Waals surface area contributed by atoms with Crippen LogP contribution in [0.1, 0.15) is 6.42 Å². The van der Waals surface area contributed by atoms with E-state index in [0.717, 1.165) is 23.6 Å². The number of rotatable bonds is 1. The van der Waals surface area contributed by atoms with Gasteiger partial charge in [-0.2, -0.15) is 0 Å². The summed E-state index contributed by atoms with van der Waals surface area (Å²) in [6.45, 7) is 0. The van der Waals surface area contributed by atoms with Crippen LogP contribution in [0.4, 0.5) is 0 Å². The lowest BCUT2D eigenvalue weighted by atomic mass is 10.0. The normalized spacial score (nSPS) is 29.8. The minimum atomic E-state index is 0.0787. The van der Waals surface area contributed by atoms with Crippen molar-refractivity contribution in [1.82, 2.24) is 4.31 Å². The van der Waals surface area contributed by atoms with Gasteiger partial charge in [0.1, 0.15) is 0 Å². The molecule has 0 aliphatic carbocycles. The molecule has 5 heteroatoms. The summed E-state index contributed by atoms with van der Waals surface area (Å²) in [6, 6.07) is 0. The van der Waals surface area contributed by atoms with Gasteiger partial charge in [-0.3, -0.25) is 9.10 Å². The molecular weight excluding hydrogens is 192 g/mol. The summed E-state index contributed by atoms with van der Waals surface area (Å²) < 4.78 is 5.99. The molecule has 0 spiro atoms. The molecule has 0 N–H and O–H groups in total. The van der Waals surface area contributed by atoms with Gasteiger partial charge in [-0.05, 0) is 30.3 Å². The first-order valence-corrected chi connectivity index (χ1v) is 5.77. The van der Waals surface area contributed by atoms with Gasteiger partial charge < -0.3 is 0 Å². The zero-order valence-electron chi connectivity index (χ0n) is 6.82. The lowest BCUT2D eigenvalue weighted by molar-refractivity contribution is -0.125. The van der Waals surface area contributed by atoms with E-state index in [0.29, 0.717) is 0 Å². The summed E-state index contributed by atoms with van der Waals surface area (Å²) in [6.07, 6.45) is 0.996. The summed E-state index contributed by atoms with van der Waals surface area (Å²) in [7, 11) is 1.83. The molecule has 0 saturated carbocycles. The third-order valence-corrected chi connectivity index (χ3v) is 3.88. The standard InChI is InChI=1S/C7H10N2OS2/c1-9-7(10)5(4-12-9)6-2-3-11-8-6/h5H,2-4H2,1H3. The molecule has 0 aromatic heterocycles. The van der Waals surface area contributed by atoms with E-state index in [4.69, 9.17) is 0 Å². The van der Waals surface area contributed by atoms with Crippen LogP contribution in [0, 0.1) is 5.92 Å². The zero-order valence-corrected chi connectivity index (χ0v) is 8.45. The van der Waals surface area contributed by atoms with E-state index in [2.05, 4.69) is 4.40 Å². The number of carbonyl (C=O) groups is 1. The fraction of sp³-hybridized carbons (Fsp3) is 0.714. The molecule has 2 heterocycles. The van der Waals surface area contributed by atoms with Gasteiger partial charge in [0.05, 0.1) is 5.92 Å². The van der Waals surface area contributed by atoms with Crippen molar-refractivity contribution in [2.45, 2.75) is 6.42 Å². The van der Waals surface area contributed by atoms with Crippen LogP contribution in [0.25, 0.3) is 0 Å². The van der Waals surface area contributed by atoms with Gasteiger partial charge >= 0.3 is 0 Å². The molecule has 1 unspecified atom stereocenters. The molecule has 0 radical (unpaired) electrons. The van der Waals surface area contributed by atoms with Gasteiger partial charge in [-0.1, -0.05) is 0 Å². The molecular formula is C7H10N2OS2. The van der Waals surface area contributed by atoms with E-state index in [1.165, 1.54) is 0 Å². The Hall–Kier alpha value is -0.160. The maximum absolute atomic E-state index is 11.5. The van der Waals surface area contributed by atoms with Gasteiger partial charge in [-0.25, -0.2) is 4.40 Å². The van der Waals surface area contributed by atoms with Crippen molar-refractivity contribution in [2.75, 3.05) is 18.6 Å². The number of carbonyl (C=O) groups excluding carboxylic acids is 1. The summed E-state index contributed by atoms with van der Waals surface area (Å²) in [4.78, 5) is 11.5. The Morgan fingerprint density at radius 3 is 3.00 bits per heavy atom. The van der Waals surface area contributed by atoms with Gasteiger partial charge in [-0.15, -0.1) is 0 Å². The molecule has 2 aliphatic heterocycles. The monoisotopic (exact) mass is 202 g/mol. The predicted octanol–water partition coefficient (Wildman–Crippen LogP) is 1.22. The van der Waals surface area contributed by atoms with Crippen molar-refractivity contribution in [3.63, 3.8) is 0 Å². The van der Waals surface area contributed by atoms with E-state index in [9.17, 15) is 4.79 Å². The van der Waals surface area contributed by atoms with Crippen LogP contribution in [0.15, 0.2) is 4.40 Å². The molecule has 0 aromatic carbocycles. The molecule has 1 atom stereocenters. The van der Waals surface area contributed by atoms with Gasteiger partial charge in [0.2, 0.25) is 5.91 Å². The number of nitrogens with zero attached hydrogens (tertiary/aromatic N) is 2. The van der Waals surface area contributed by atoms with Gasteiger partial charge in [0, 0.05) is 24.3 Å². The molecule has 1 fully saturated rings. The second-order valence-electron chi connectivity index (χ2n) is 2.85. The number of amides is 1. The van der Waals surface area contributed by atoms with Crippen LogP contribution < -0.4 is 0 Å². The van der Waals surface area contributed by atoms with Gasteiger partial charge in [0.15, 0.2) is 0 Å². The second-order valence-corrected chi connectivity index (χ2v) is 4.84. The minimum absolute atomic E-state index is 0.0787. The highest BCUT2D eigenvalue weighted by molar-refractivity contribution is 7.98. The van der Waals surface area contributed by atoms with E-state index >= 15 is 0 Å². The second kappa shape index (κ2) is 3.30. The Labute approximate surface area is 80.3 Å². The highest BCUT2D eigenvalue weighted by Gasteiger charge is 2.34. The molecule has 3 nitrogen and oxygen atoms in total. The summed E-state index contributed by atoms with van der Waals surface area (Å²) in [5.41, 5.74) is 1.10. The Balaban J connectivity index is 2.09. The van der Waals surface area contributed by atoms with Crippen molar-refractivity contribution >= 4 is 35.5 Å². The van der Waals surface area contributed by atoms with Crippen LogP contribution in [0.3, 0.4) is 0 Å². The Kier molecular flexibility index (Phi) is 2.32. The van der Waals surface area contributed by atoms with Crippen molar-refractivity contribution in [2.24, 2.45) is 10.3 Å². The zero-order chi connectivity index (χ0) is 8.55. The smallest absolute Gasteiger partial charge is 0.241 e. The molecule has 66 valence electrons. The first-order valence-electron chi connectivity index (χ1n) is 3.88. The molecule has 0 bridgehead atoms. The minimum Gasteiger partial charge on any atom is -0.289 e. The maximum Gasteiger partial charge on any atom is 0.241 e. The highest BCUT2D eigenvalue weighted by Crippen LogP contribution is 2.30. The predicted molar refractivity (Wildman–Crippen MR) is 53.2 cm³/mol. The average molecular weight is 202 g/mol. The van der Waals surface area contributed by atoms with Crippen LogP contribution >= 0.6 is 23.9 Å². The van der Waals surface area contributed by atoms with Crippen molar-refractivity contribution in [3.05, 3.63) is 0 Å². The fourth-order valence-corrected chi connectivity index (χ4v) is 3.08. The quantitative estimate of drug-likeness (QED) is 0.599. The highest BCUT2D eigenvalue weighted by atomic mass is 32.2. The van der Waals surface area contributed by atoms with Crippen LogP contribution in [0.5, 0.6) is 0 Å². The summed E-state index contributed by atoms with van der Waals surface area (Å²) >= 11 is 3.17. The maximum atomic E-state index is 11.5. The topological polar surface area (TPSA) is 32.7 Å². The van der Waals surface area contributed by atoms with Crippen molar-refractivity contribution in [1.29, 1.82) is 0 Å². The first kappa shape index (κ1) is 8.44. The molecule has 2 aliphatic rings. The largest absolute Gasteiger partial charge is 0.289 e. The summed E-state index contributed by atoms with van der Waals surface area (Å²) in [5.74, 6) is 2.23. The number of hydrogen-bond acceptors (Lipinski definition) is 4. The van der Waals surface area contributed by atoms with E-state index in [1.54, 1.807) is 28.2 Å². The first-order chi connectivity index (χ1) is 5.79. The van der Waals surface area contributed by atoms with E-state index < -0.39 is 0 Å². The Bertz CT molecular complexity index is 242. The molecule has 0 aromatic rings. The van der Waals surface area contributed by atoms with Crippen molar-refractivity contribution in [3.8, 4) is 0 Å². The van der Waals surface area contributed by atoms with Crippen LogP contribution in [0.2, 0.25) is 0 Å². The third kappa shape index (κ3) is 1.35. The Morgan fingerprint density at radius 1 is 1.67 bits per heavy atom. The molecule has 1 amide bonds. The lowest BCUT2D eigenvalue weighted by Crippen LogP contribution is -2.26. The third-order valence-electron chi connectivity index (χ3n) is 2.08. The molecule has 2 rings (SSSR count).